The summed E-state index contributed by atoms with van der Waals surface area (Å²) in [5.74, 6) is -1.12. The van der Waals surface area contributed by atoms with Gasteiger partial charge in [0.1, 0.15) is 0 Å². The fourth-order valence-electron chi connectivity index (χ4n) is 15.1. The van der Waals surface area contributed by atoms with E-state index in [0.717, 1.165) is 88.0 Å². The molecule has 4 aliphatic rings. The topological polar surface area (TPSA) is 318 Å². The number of carbonyl (C=O) groups excluding carboxylic acids is 3. The number of aromatic nitrogens is 5. The van der Waals surface area contributed by atoms with E-state index >= 15 is 0 Å². The van der Waals surface area contributed by atoms with Gasteiger partial charge in [0.25, 0.3) is 5.91 Å². The first kappa shape index (κ1) is 98.4. The third kappa shape index (κ3) is 26.5. The minimum atomic E-state index is -3.23. The summed E-state index contributed by atoms with van der Waals surface area (Å²) in [5.41, 5.74) is 27.9. The van der Waals surface area contributed by atoms with Gasteiger partial charge in [-0.15, -0.1) is 12.4 Å². The van der Waals surface area contributed by atoms with Crippen molar-refractivity contribution in [1.82, 2.24) is 24.0 Å². The number of sulfone groups is 2. The average Bonchev–Trinajstić information content (AvgIpc) is 1.62. The summed E-state index contributed by atoms with van der Waals surface area (Å²) in [6, 6.07) is 76.7. The quantitative estimate of drug-likeness (QED) is 0.0176. The molecule has 5 heterocycles. The number of nitrogens with zero attached hydrogens (tertiary/aromatic N) is 4. The number of benzene rings is 9. The number of hydrogen-bond donors (Lipinski definition) is 6. The molecule has 5 aromatic heterocycles. The van der Waals surface area contributed by atoms with E-state index in [1.165, 1.54) is 106 Å². The van der Waals surface area contributed by atoms with Crippen molar-refractivity contribution < 1.29 is 100 Å². The minimum Gasteiger partial charge on any atom is -0.870 e. The number of nitrogens with one attached hydrogen (secondary N) is 2. The van der Waals surface area contributed by atoms with Crippen LogP contribution in [0.15, 0.2) is 253 Å². The Bertz CT molecular complexity index is 6340. The third-order valence-electron chi connectivity index (χ3n) is 22.7. The molecule has 0 saturated heterocycles. The fourth-order valence-corrected chi connectivity index (χ4v) is 16.8. The smallest absolute Gasteiger partial charge is 0.870 e. The van der Waals surface area contributed by atoms with Crippen LogP contribution in [0.2, 0.25) is 5.82 Å². The molecule has 4 aliphatic carbocycles. The number of aromatic amines is 1. The van der Waals surface area contributed by atoms with Crippen LogP contribution >= 0.6 is 12.4 Å². The van der Waals surface area contributed by atoms with Crippen LogP contribution in [-0.2, 0) is 68.0 Å². The SMILES string of the molecule is CCOC(=O)c1ccc2[nH]c(Cc3ccc(C)cc3)cc2c1.CCOC(=O)c1ccc2c(c1)cc(Cc1ccc(C)cc1)n2C1CC1.CCS(=O)(=O)c1ccc(CN)cc1.CCS(=O)(=O)c1ccc(CNC(=O)c2ccc3c(c2)cc(C[n+]2ccc(C)cc2)n3C2CC2)cc1.Cc1ccc(Cc2cc3cc(C(=O)O)ccc3n2C2CC2)cc1.Cl.OB(O)C1CC1.[Na+].[OH-]. The van der Waals surface area contributed by atoms with Crippen molar-refractivity contribution in [2.24, 2.45) is 5.73 Å². The molecule has 4 fully saturated rings. The van der Waals surface area contributed by atoms with Crippen molar-refractivity contribution in [3.05, 3.63) is 338 Å². The Morgan fingerprint density at radius 1 is 0.457 bits per heavy atom. The molecule has 9 aromatic carbocycles. The summed E-state index contributed by atoms with van der Waals surface area (Å²) in [5, 5.41) is 32.9. The Kier molecular flexibility index (Phi) is 34.7. The first-order valence-corrected chi connectivity index (χ1v) is 46.2. The Morgan fingerprint density at radius 2 is 0.827 bits per heavy atom. The van der Waals surface area contributed by atoms with E-state index in [4.69, 9.17) is 25.3 Å². The van der Waals surface area contributed by atoms with E-state index in [9.17, 15) is 41.1 Å². The second-order valence-corrected chi connectivity index (χ2v) is 37.2. The van der Waals surface area contributed by atoms with Crippen molar-refractivity contribution in [3.63, 3.8) is 0 Å². The molecule has 0 spiro atoms. The summed E-state index contributed by atoms with van der Waals surface area (Å²) in [4.78, 5) is 52.0. The van der Waals surface area contributed by atoms with Crippen LogP contribution in [0.25, 0.3) is 43.6 Å². The van der Waals surface area contributed by atoms with Gasteiger partial charge in [0.15, 0.2) is 38.6 Å². The maximum absolute atomic E-state index is 12.9. The predicted octanol–water partition coefficient (Wildman–Crippen LogP) is 16.0. The van der Waals surface area contributed by atoms with Gasteiger partial charge in [-0.25, -0.2) is 31.2 Å². The van der Waals surface area contributed by atoms with Crippen molar-refractivity contribution in [1.29, 1.82) is 0 Å². The number of halogens is 1. The van der Waals surface area contributed by atoms with Gasteiger partial charge in [-0.05, 0) is 241 Å². The normalized spacial score (nSPS) is 13.2. The number of amides is 1. The van der Waals surface area contributed by atoms with E-state index in [1.54, 1.807) is 80.6 Å². The monoisotopic (exact) mass is 1780 g/mol. The number of pyridine rings is 1. The maximum Gasteiger partial charge on any atom is 1.00 e. The first-order chi connectivity index (χ1) is 59.7. The van der Waals surface area contributed by atoms with Gasteiger partial charge in [-0.2, -0.15) is 4.57 Å². The average molecular weight is 1780 g/mol. The maximum atomic E-state index is 12.9. The molecule has 0 aliphatic heterocycles. The van der Waals surface area contributed by atoms with Crippen molar-refractivity contribution in [2.75, 3.05) is 24.7 Å². The summed E-state index contributed by atoms with van der Waals surface area (Å²) < 4.78 is 66.4. The first-order valence-electron chi connectivity index (χ1n) is 42.9. The summed E-state index contributed by atoms with van der Waals surface area (Å²) in [6.07, 6.45) is 16.1. The standard InChI is InChI=1S/C28H29N3O3S.C22H23NO2.C20H19NO2.C19H19NO2.C9H13NO2S.C3H7BO2.ClH.Na.H2O/c1-3-35(33,34)26-9-4-21(5-10-26)18-29-28(32)22-6-11-27-23(16-22)17-25(31(27)24-7-8-24)19-30-14-12-20(2)13-15-30;1-3-25-22(24)17-8-11-21-18(13-17)14-20(23(21)19-9-10-19)12-16-6-4-15(2)5-7-16;1-13-2-4-14(5-3-13)10-18-12-16-11-15(20(22)23)6-9-19(16)21(18)17-7-8-17;1-3-22-19(21)15-8-9-18-16(11-15)12-17(20-18)10-14-6-4-13(2)5-7-14;1-2-13(11,12)9-5-3-8(7-10)4-6-9;5-4(6)3-1-2-3;;;/h4-6,9-17,24H,3,7-8,18-19H2,1-2H3;4-8,11,13-14,19H,3,9-10,12H2,1-2H3;2-6,9,11-12,17H,7-8,10H2,1H3,(H,22,23);4-9,11-12,20H,3,10H2,1-2H3;3-6H,2,7,10H2,1H3;3,5-6H,1-2H2;1H;;1H2/q;;;;;;;+1;. The molecule has 127 heavy (non-hydrogen) atoms. The number of fused-ring (bicyclic) bond motifs is 4. The van der Waals surface area contributed by atoms with Crippen LogP contribution in [0, 0.1) is 27.7 Å². The molecule has 1 amide bonds. The van der Waals surface area contributed by atoms with Crippen molar-refractivity contribution >= 4 is 107 Å². The number of carbonyl (C=O) groups is 4. The summed E-state index contributed by atoms with van der Waals surface area (Å²) >= 11 is 0. The molecule has 0 bridgehead atoms. The van der Waals surface area contributed by atoms with Crippen LogP contribution in [0.3, 0.4) is 0 Å². The number of H-pyrrole nitrogens is 1. The fraction of sp³-hybridized carbons (Fsp3) is 0.297. The third-order valence-corrected chi connectivity index (χ3v) is 26.2. The van der Waals surface area contributed by atoms with Gasteiger partial charge >= 0.3 is 54.6 Å². The molecule has 18 rings (SSSR count). The van der Waals surface area contributed by atoms with Crippen molar-refractivity contribution in [3.8, 4) is 0 Å². The van der Waals surface area contributed by atoms with Gasteiger partial charge in [-0.3, -0.25) is 4.79 Å². The number of carboxylic acid groups (broad SMARTS) is 1. The number of carboxylic acids is 1. The van der Waals surface area contributed by atoms with Crippen molar-refractivity contribution in [2.45, 2.75) is 179 Å². The molecular formula is C101H113BClN7NaO14S2+. The van der Waals surface area contributed by atoms with Gasteiger partial charge in [0.05, 0.1) is 56.9 Å². The molecule has 14 aromatic rings. The zero-order chi connectivity index (χ0) is 87.9. The molecular weight excluding hydrogens is 1670 g/mol. The van der Waals surface area contributed by atoms with E-state index < -0.39 is 32.8 Å². The molecule has 21 nitrogen and oxygen atoms in total. The molecule has 0 radical (unpaired) electrons. The van der Waals surface area contributed by atoms with Gasteiger partial charge in [0, 0.05) is 129 Å². The molecule has 0 unspecified atom stereocenters. The number of aromatic carboxylic acids is 1. The number of aryl methyl sites for hydroxylation is 4. The summed E-state index contributed by atoms with van der Waals surface area (Å²) in [7, 11) is -7.33. The van der Waals surface area contributed by atoms with Gasteiger partial charge < -0.3 is 59.8 Å². The molecule has 0 atom stereocenters. The number of ether oxygens (including phenoxy) is 2. The molecule has 4 saturated carbocycles. The number of nitrogens with two attached hydrogens (primary N) is 1. The van der Waals surface area contributed by atoms with Crippen LogP contribution in [0.1, 0.15) is 211 Å². The van der Waals surface area contributed by atoms with E-state index in [1.807, 2.05) is 56.3 Å². The van der Waals surface area contributed by atoms with Gasteiger partial charge in [-0.1, -0.05) is 140 Å². The Labute approximate surface area is 772 Å². The molecule has 658 valence electrons. The van der Waals surface area contributed by atoms with E-state index in [2.05, 4.69) is 190 Å². The zero-order valence-corrected chi connectivity index (χ0v) is 78.1. The molecule has 8 N–H and O–H groups in total. The minimum absolute atomic E-state index is 0. The largest absolute Gasteiger partial charge is 1.00 e. The zero-order valence-electron chi connectivity index (χ0n) is 73.7. The van der Waals surface area contributed by atoms with E-state index in [-0.39, 0.29) is 82.6 Å². The van der Waals surface area contributed by atoms with Crippen LogP contribution < -0.4 is 45.2 Å². The van der Waals surface area contributed by atoms with Crippen LogP contribution in [0.5, 0.6) is 0 Å². The number of rotatable bonds is 25. The Balaban J connectivity index is 0.000000166. The van der Waals surface area contributed by atoms with Crippen LogP contribution in [-0.4, -0.2) is 112 Å². The molecule has 26 heteroatoms. The second-order valence-electron chi connectivity index (χ2n) is 32.6. The summed E-state index contributed by atoms with van der Waals surface area (Å²) in [6.45, 7) is 17.6. The predicted molar refractivity (Wildman–Crippen MR) is 500 cm³/mol. The van der Waals surface area contributed by atoms with E-state index in [0.29, 0.717) is 76.5 Å². The Hall–Kier alpha value is -10.7. The van der Waals surface area contributed by atoms with Crippen LogP contribution in [0.4, 0.5) is 0 Å². The van der Waals surface area contributed by atoms with Gasteiger partial charge in [0.2, 0.25) is 0 Å². The Morgan fingerprint density at radius 3 is 1.23 bits per heavy atom. The number of esters is 2. The second kappa shape index (κ2) is 44.8. The number of hydrogen-bond acceptors (Lipinski definition) is 14.